The first-order chi connectivity index (χ1) is 9.00. The van der Waals surface area contributed by atoms with Crippen LogP contribution in [-0.2, 0) is 0 Å². The highest BCUT2D eigenvalue weighted by atomic mass is 35.5. The van der Waals surface area contributed by atoms with E-state index in [1.54, 1.807) is 0 Å². The number of hydrogen-bond donors (Lipinski definition) is 0. The SMILES string of the molecule is Fc1cccc2c1Oc1c(Cl)c(Cl)c(Cl)c(Cl)c1O2. The second-order valence-corrected chi connectivity index (χ2v) is 5.20. The Balaban J connectivity index is 2.26. The molecule has 0 spiro atoms. The first kappa shape index (κ1) is 13.1. The lowest BCUT2D eigenvalue weighted by molar-refractivity contribution is 0.342. The smallest absolute Gasteiger partial charge is 0.205 e. The number of benzene rings is 2. The molecule has 98 valence electrons. The van der Waals surface area contributed by atoms with Crippen molar-refractivity contribution in [3.63, 3.8) is 0 Å². The van der Waals surface area contributed by atoms with Crippen LogP contribution in [0.5, 0.6) is 23.0 Å². The summed E-state index contributed by atoms with van der Waals surface area (Å²) in [5.74, 6) is -0.325. The molecule has 2 aromatic rings. The van der Waals surface area contributed by atoms with E-state index in [2.05, 4.69) is 0 Å². The molecule has 0 unspecified atom stereocenters. The van der Waals surface area contributed by atoms with E-state index in [0.29, 0.717) is 0 Å². The monoisotopic (exact) mass is 338 g/mol. The zero-order valence-corrected chi connectivity index (χ0v) is 12.0. The zero-order chi connectivity index (χ0) is 13.7. The molecule has 0 N–H and O–H groups in total. The highest BCUT2D eigenvalue weighted by Gasteiger charge is 2.30. The Morgan fingerprint density at radius 3 is 1.95 bits per heavy atom. The third-order valence-corrected chi connectivity index (χ3v) is 4.30. The van der Waals surface area contributed by atoms with Crippen LogP contribution in [0.1, 0.15) is 0 Å². The lowest BCUT2D eigenvalue weighted by Crippen LogP contribution is -2.02. The molecule has 1 aliphatic heterocycles. The first-order valence-electron chi connectivity index (χ1n) is 5.01. The van der Waals surface area contributed by atoms with Gasteiger partial charge in [-0.15, -0.1) is 0 Å². The average molecular weight is 340 g/mol. The Labute approximate surface area is 127 Å². The summed E-state index contributed by atoms with van der Waals surface area (Å²) in [6.07, 6.45) is 0. The molecule has 0 bridgehead atoms. The molecule has 3 rings (SSSR count). The molecule has 0 aromatic heterocycles. The van der Waals surface area contributed by atoms with Crippen molar-refractivity contribution in [2.45, 2.75) is 0 Å². The molecular weight excluding hydrogens is 337 g/mol. The van der Waals surface area contributed by atoms with Gasteiger partial charge < -0.3 is 9.47 Å². The van der Waals surface area contributed by atoms with Gasteiger partial charge in [0.2, 0.25) is 5.75 Å². The second-order valence-electron chi connectivity index (χ2n) is 3.69. The van der Waals surface area contributed by atoms with Gasteiger partial charge >= 0.3 is 0 Å². The number of rotatable bonds is 0. The van der Waals surface area contributed by atoms with Crippen molar-refractivity contribution in [1.29, 1.82) is 0 Å². The van der Waals surface area contributed by atoms with E-state index < -0.39 is 5.82 Å². The highest BCUT2D eigenvalue weighted by molar-refractivity contribution is 6.53. The Kier molecular flexibility index (Phi) is 3.18. The van der Waals surface area contributed by atoms with Crippen molar-refractivity contribution in [3.05, 3.63) is 44.1 Å². The van der Waals surface area contributed by atoms with Crippen molar-refractivity contribution in [1.82, 2.24) is 0 Å². The maximum atomic E-state index is 13.6. The van der Waals surface area contributed by atoms with Gasteiger partial charge in [-0.05, 0) is 12.1 Å². The van der Waals surface area contributed by atoms with Crippen molar-refractivity contribution in [3.8, 4) is 23.0 Å². The third-order valence-electron chi connectivity index (χ3n) is 2.53. The summed E-state index contributed by atoms with van der Waals surface area (Å²) in [6, 6.07) is 4.25. The molecule has 0 amide bonds. The van der Waals surface area contributed by atoms with Crippen LogP contribution in [-0.4, -0.2) is 0 Å². The fourth-order valence-electron chi connectivity index (χ4n) is 1.65. The summed E-state index contributed by atoms with van der Waals surface area (Å²) in [4.78, 5) is 0. The minimum atomic E-state index is -0.582. The number of halogens is 5. The molecule has 2 aromatic carbocycles. The fourth-order valence-corrected chi connectivity index (χ4v) is 2.55. The minimum Gasteiger partial charge on any atom is -0.448 e. The van der Waals surface area contributed by atoms with E-state index in [0.717, 1.165) is 0 Å². The predicted octanol–water partition coefficient (Wildman–Crippen LogP) is 6.34. The second kappa shape index (κ2) is 4.60. The maximum Gasteiger partial charge on any atom is 0.205 e. The normalized spacial score (nSPS) is 12.3. The van der Waals surface area contributed by atoms with E-state index in [4.69, 9.17) is 55.9 Å². The summed E-state index contributed by atoms with van der Waals surface area (Å²) in [5.41, 5.74) is 0. The van der Waals surface area contributed by atoms with Gasteiger partial charge in [-0.1, -0.05) is 52.5 Å². The number of hydrogen-bond acceptors (Lipinski definition) is 2. The van der Waals surface area contributed by atoms with Crippen molar-refractivity contribution >= 4 is 46.4 Å². The van der Waals surface area contributed by atoms with Crippen LogP contribution in [0, 0.1) is 5.82 Å². The molecule has 1 aliphatic rings. The lowest BCUT2D eigenvalue weighted by atomic mass is 10.2. The summed E-state index contributed by atoms with van der Waals surface area (Å²) in [6.45, 7) is 0. The quantitative estimate of drug-likeness (QED) is 0.351. The molecule has 0 saturated carbocycles. The van der Waals surface area contributed by atoms with Crippen LogP contribution in [0.3, 0.4) is 0 Å². The average Bonchev–Trinajstić information content (AvgIpc) is 2.42. The minimum absolute atomic E-state index is 0.0139. The number of para-hydroxylation sites is 1. The van der Waals surface area contributed by atoms with Gasteiger partial charge in [0, 0.05) is 0 Å². The van der Waals surface area contributed by atoms with Crippen LogP contribution < -0.4 is 9.47 Å². The fraction of sp³-hybridized carbons (Fsp3) is 0. The molecule has 0 atom stereocenters. The molecular formula is C12H3Cl4FO2. The summed E-state index contributed by atoms with van der Waals surface area (Å²) in [7, 11) is 0. The van der Waals surface area contributed by atoms with Crippen LogP contribution in [0.15, 0.2) is 18.2 Å². The van der Waals surface area contributed by atoms with E-state index in [-0.39, 0.29) is 43.1 Å². The molecule has 2 nitrogen and oxygen atoms in total. The Morgan fingerprint density at radius 1 is 0.737 bits per heavy atom. The van der Waals surface area contributed by atoms with E-state index in [9.17, 15) is 4.39 Å². The standard InChI is InChI=1S/C12H3Cl4FO2/c13-6-7(14)9(16)12-11(8(6)15)18-5-3-1-2-4(17)10(5)19-12/h1-3H. The van der Waals surface area contributed by atoms with Crippen LogP contribution in [0.4, 0.5) is 4.39 Å². The molecule has 19 heavy (non-hydrogen) atoms. The molecule has 0 radical (unpaired) electrons. The van der Waals surface area contributed by atoms with Crippen LogP contribution in [0.25, 0.3) is 0 Å². The lowest BCUT2D eigenvalue weighted by Gasteiger charge is -2.23. The largest absolute Gasteiger partial charge is 0.448 e. The van der Waals surface area contributed by atoms with E-state index in [1.807, 2.05) is 0 Å². The predicted molar refractivity (Wildman–Crippen MR) is 73.0 cm³/mol. The summed E-state index contributed by atoms with van der Waals surface area (Å²) in [5, 5.41) is 0.145. The van der Waals surface area contributed by atoms with Crippen LogP contribution >= 0.6 is 46.4 Å². The van der Waals surface area contributed by atoms with Gasteiger partial charge in [0.15, 0.2) is 23.1 Å². The van der Waals surface area contributed by atoms with E-state index >= 15 is 0 Å². The van der Waals surface area contributed by atoms with Gasteiger partial charge in [0.1, 0.15) is 10.0 Å². The van der Waals surface area contributed by atoms with Crippen molar-refractivity contribution < 1.29 is 13.9 Å². The summed E-state index contributed by atoms with van der Waals surface area (Å²) >= 11 is 23.9. The van der Waals surface area contributed by atoms with Gasteiger partial charge in [-0.25, -0.2) is 4.39 Å². The first-order valence-corrected chi connectivity index (χ1v) is 6.52. The summed E-state index contributed by atoms with van der Waals surface area (Å²) < 4.78 is 24.5. The van der Waals surface area contributed by atoms with Crippen molar-refractivity contribution in [2.75, 3.05) is 0 Å². The highest BCUT2D eigenvalue weighted by Crippen LogP contribution is 2.56. The molecule has 0 saturated heterocycles. The van der Waals surface area contributed by atoms with Gasteiger partial charge in [0.25, 0.3) is 0 Å². The topological polar surface area (TPSA) is 18.5 Å². The Bertz CT molecular complexity index is 703. The zero-order valence-electron chi connectivity index (χ0n) is 8.94. The maximum absolute atomic E-state index is 13.6. The van der Waals surface area contributed by atoms with Crippen LogP contribution in [0.2, 0.25) is 20.1 Å². The van der Waals surface area contributed by atoms with Gasteiger partial charge in [-0.3, -0.25) is 0 Å². The van der Waals surface area contributed by atoms with Crippen molar-refractivity contribution in [2.24, 2.45) is 0 Å². The third kappa shape index (κ3) is 1.93. The molecule has 1 heterocycles. The number of ether oxygens (including phenoxy) is 2. The van der Waals surface area contributed by atoms with E-state index in [1.165, 1.54) is 18.2 Å². The van der Waals surface area contributed by atoms with Gasteiger partial charge in [-0.2, -0.15) is 0 Å². The molecule has 0 fully saturated rings. The van der Waals surface area contributed by atoms with Gasteiger partial charge in [0.05, 0.1) is 10.0 Å². The molecule has 0 aliphatic carbocycles. The number of fused-ring (bicyclic) bond motifs is 2. The Hall–Kier alpha value is -0.870. The molecule has 7 heteroatoms. The Morgan fingerprint density at radius 2 is 1.32 bits per heavy atom.